The molecular formula is C12H24N4OS. The first kappa shape index (κ1) is 15.3. The van der Waals surface area contributed by atoms with E-state index in [0.29, 0.717) is 6.04 Å². The van der Waals surface area contributed by atoms with Gasteiger partial charge in [0, 0.05) is 26.2 Å². The van der Waals surface area contributed by atoms with E-state index in [-0.39, 0.29) is 0 Å². The van der Waals surface area contributed by atoms with Gasteiger partial charge < -0.3 is 10.1 Å². The summed E-state index contributed by atoms with van der Waals surface area (Å²) in [5, 5.41) is 13.5. The fourth-order valence-electron chi connectivity index (χ4n) is 1.64. The Morgan fingerprint density at radius 2 is 2.17 bits per heavy atom. The second-order valence-electron chi connectivity index (χ2n) is 4.25. The predicted molar refractivity (Wildman–Crippen MR) is 76.1 cm³/mol. The van der Waals surface area contributed by atoms with Gasteiger partial charge in [0.15, 0.2) is 0 Å². The molecule has 18 heavy (non-hydrogen) atoms. The van der Waals surface area contributed by atoms with E-state index in [1.807, 2.05) is 0 Å². The lowest BCUT2D eigenvalue weighted by Gasteiger charge is -2.26. The number of nitrogens with zero attached hydrogens (tertiary/aromatic N) is 3. The molecule has 0 aliphatic carbocycles. The molecule has 0 spiro atoms. The van der Waals surface area contributed by atoms with E-state index in [2.05, 4.69) is 41.2 Å². The number of rotatable bonds is 9. The summed E-state index contributed by atoms with van der Waals surface area (Å²) in [7, 11) is 1.74. The van der Waals surface area contributed by atoms with Crippen LogP contribution in [0.25, 0.3) is 0 Å². The highest BCUT2D eigenvalue weighted by Crippen LogP contribution is 2.18. The molecule has 0 amide bonds. The van der Waals surface area contributed by atoms with Crippen molar-refractivity contribution < 1.29 is 4.74 Å². The van der Waals surface area contributed by atoms with Crippen molar-refractivity contribution in [2.75, 3.05) is 32.1 Å². The van der Waals surface area contributed by atoms with Gasteiger partial charge in [-0.05, 0) is 20.3 Å². The van der Waals surface area contributed by atoms with E-state index in [1.165, 1.54) is 0 Å². The first-order valence-corrected chi connectivity index (χ1v) is 7.32. The molecule has 1 N–H and O–H groups in total. The van der Waals surface area contributed by atoms with Crippen molar-refractivity contribution in [3.63, 3.8) is 0 Å². The molecule has 0 bridgehead atoms. The van der Waals surface area contributed by atoms with Gasteiger partial charge in [-0.15, -0.1) is 10.2 Å². The molecule has 5 nitrogen and oxygen atoms in total. The highest BCUT2D eigenvalue weighted by Gasteiger charge is 2.15. The fraction of sp³-hybridized carbons (Fsp3) is 0.833. The molecule has 0 fully saturated rings. The van der Waals surface area contributed by atoms with Gasteiger partial charge in [0.2, 0.25) is 5.13 Å². The van der Waals surface area contributed by atoms with Gasteiger partial charge >= 0.3 is 0 Å². The molecule has 0 aliphatic rings. The average molecular weight is 272 g/mol. The maximum atomic E-state index is 5.16. The van der Waals surface area contributed by atoms with Gasteiger partial charge in [-0.2, -0.15) is 0 Å². The summed E-state index contributed by atoms with van der Waals surface area (Å²) in [5.41, 5.74) is 0. The lowest BCUT2D eigenvalue weighted by atomic mass is 10.2. The van der Waals surface area contributed by atoms with Gasteiger partial charge in [0.1, 0.15) is 5.01 Å². The molecule has 1 atom stereocenters. The van der Waals surface area contributed by atoms with Crippen molar-refractivity contribution in [2.24, 2.45) is 0 Å². The molecule has 104 valence electrons. The third-order valence-electron chi connectivity index (χ3n) is 2.93. The topological polar surface area (TPSA) is 50.3 Å². The molecule has 0 aliphatic heterocycles. The highest BCUT2D eigenvalue weighted by atomic mass is 32.1. The summed E-state index contributed by atoms with van der Waals surface area (Å²) in [6, 6.07) is 0.534. The van der Waals surface area contributed by atoms with Crippen molar-refractivity contribution in [1.29, 1.82) is 0 Å². The van der Waals surface area contributed by atoms with Crippen molar-refractivity contribution in [2.45, 2.75) is 39.8 Å². The normalized spacial score (nSPS) is 12.9. The number of ether oxygens (including phenoxy) is 1. The maximum absolute atomic E-state index is 5.16. The zero-order valence-electron chi connectivity index (χ0n) is 11.8. The van der Waals surface area contributed by atoms with Crippen LogP contribution in [0, 0.1) is 0 Å². The molecule has 0 radical (unpaired) electrons. The fourth-order valence-corrected chi connectivity index (χ4v) is 2.47. The Morgan fingerprint density at radius 1 is 1.39 bits per heavy atom. The maximum Gasteiger partial charge on any atom is 0.205 e. The molecule has 1 unspecified atom stereocenters. The summed E-state index contributed by atoms with van der Waals surface area (Å²) in [6.07, 6.45) is 1.13. The number of aromatic nitrogens is 2. The lowest BCUT2D eigenvalue weighted by molar-refractivity contribution is 0.118. The summed E-state index contributed by atoms with van der Waals surface area (Å²) in [5.74, 6) is 0. The van der Waals surface area contributed by atoms with Gasteiger partial charge in [-0.25, -0.2) is 0 Å². The molecule has 1 heterocycles. The SMILES string of the molecule is CCNc1nnc(CN(CCOC)C(C)CC)s1. The van der Waals surface area contributed by atoms with Crippen molar-refractivity contribution in [3.8, 4) is 0 Å². The van der Waals surface area contributed by atoms with E-state index in [1.54, 1.807) is 18.4 Å². The number of methoxy groups -OCH3 is 1. The average Bonchev–Trinajstić information content (AvgIpc) is 2.81. The van der Waals surface area contributed by atoms with E-state index in [4.69, 9.17) is 4.74 Å². The summed E-state index contributed by atoms with van der Waals surface area (Å²) in [4.78, 5) is 2.39. The smallest absolute Gasteiger partial charge is 0.205 e. The number of anilines is 1. The number of hydrogen-bond acceptors (Lipinski definition) is 6. The van der Waals surface area contributed by atoms with Gasteiger partial charge in [0.25, 0.3) is 0 Å². The van der Waals surface area contributed by atoms with Crippen LogP contribution in [0.3, 0.4) is 0 Å². The Bertz CT molecular complexity index is 332. The zero-order valence-corrected chi connectivity index (χ0v) is 12.6. The van der Waals surface area contributed by atoms with Crippen molar-refractivity contribution >= 4 is 16.5 Å². The Morgan fingerprint density at radius 3 is 2.78 bits per heavy atom. The Hall–Kier alpha value is -0.720. The summed E-state index contributed by atoms with van der Waals surface area (Å²) >= 11 is 1.63. The van der Waals surface area contributed by atoms with Crippen LogP contribution in [0.1, 0.15) is 32.2 Å². The van der Waals surface area contributed by atoms with Gasteiger partial charge in [-0.3, -0.25) is 4.90 Å². The van der Waals surface area contributed by atoms with E-state index in [9.17, 15) is 0 Å². The van der Waals surface area contributed by atoms with Gasteiger partial charge in [-0.1, -0.05) is 18.3 Å². The minimum Gasteiger partial charge on any atom is -0.383 e. The van der Waals surface area contributed by atoms with Crippen molar-refractivity contribution in [3.05, 3.63) is 5.01 Å². The molecule has 0 saturated heterocycles. The third-order valence-corrected chi connectivity index (χ3v) is 3.80. The van der Waals surface area contributed by atoms with E-state index in [0.717, 1.165) is 42.8 Å². The second kappa shape index (κ2) is 8.39. The standard InChI is InChI=1S/C12H24N4OS/c1-5-10(3)16(7-8-17-4)9-11-14-15-12(18-11)13-6-2/h10H,5-9H2,1-4H3,(H,13,15). The third kappa shape index (κ3) is 4.88. The van der Waals surface area contributed by atoms with Crippen LogP contribution in [0.5, 0.6) is 0 Å². The minimum atomic E-state index is 0.534. The lowest BCUT2D eigenvalue weighted by Crippen LogP contribution is -2.34. The predicted octanol–water partition coefficient (Wildman–Crippen LogP) is 2.22. The molecule has 6 heteroatoms. The van der Waals surface area contributed by atoms with Crippen LogP contribution >= 0.6 is 11.3 Å². The molecule has 1 aromatic heterocycles. The second-order valence-corrected chi connectivity index (χ2v) is 5.31. The minimum absolute atomic E-state index is 0.534. The monoisotopic (exact) mass is 272 g/mol. The molecule has 0 saturated carbocycles. The Balaban J connectivity index is 2.57. The van der Waals surface area contributed by atoms with E-state index < -0.39 is 0 Å². The van der Waals surface area contributed by atoms with Crippen LogP contribution in [0.4, 0.5) is 5.13 Å². The Kier molecular flexibility index (Phi) is 7.15. The van der Waals surface area contributed by atoms with Gasteiger partial charge in [0.05, 0.1) is 13.2 Å². The number of hydrogen-bond donors (Lipinski definition) is 1. The summed E-state index contributed by atoms with van der Waals surface area (Å²) < 4.78 is 5.16. The first-order valence-electron chi connectivity index (χ1n) is 6.50. The quantitative estimate of drug-likeness (QED) is 0.747. The van der Waals surface area contributed by atoms with Crippen LogP contribution in [0.15, 0.2) is 0 Å². The molecular weight excluding hydrogens is 248 g/mol. The molecule has 1 aromatic rings. The molecule has 1 rings (SSSR count). The number of nitrogens with one attached hydrogen (secondary N) is 1. The first-order chi connectivity index (χ1) is 8.71. The van der Waals surface area contributed by atoms with Crippen LogP contribution < -0.4 is 5.32 Å². The molecule has 0 aromatic carbocycles. The van der Waals surface area contributed by atoms with Crippen LogP contribution in [-0.2, 0) is 11.3 Å². The largest absolute Gasteiger partial charge is 0.383 e. The Labute approximate surface area is 114 Å². The van der Waals surface area contributed by atoms with E-state index >= 15 is 0 Å². The van der Waals surface area contributed by atoms with Crippen molar-refractivity contribution in [1.82, 2.24) is 15.1 Å². The highest BCUT2D eigenvalue weighted by molar-refractivity contribution is 7.15. The van der Waals surface area contributed by atoms with Crippen LogP contribution in [0.2, 0.25) is 0 Å². The summed E-state index contributed by atoms with van der Waals surface area (Å²) in [6.45, 7) is 9.92. The van der Waals surface area contributed by atoms with Crippen LogP contribution in [-0.4, -0.2) is 47.9 Å². The zero-order chi connectivity index (χ0) is 13.4.